The van der Waals surface area contributed by atoms with Crippen LogP contribution in [-0.2, 0) is 4.79 Å². The van der Waals surface area contributed by atoms with Crippen molar-refractivity contribution in [2.24, 2.45) is 0 Å². The maximum Gasteiger partial charge on any atom is 0.283 e. The van der Waals surface area contributed by atoms with Gasteiger partial charge < -0.3 is 10.3 Å². The van der Waals surface area contributed by atoms with E-state index < -0.39 is 0 Å². The average Bonchev–Trinajstić information content (AvgIpc) is 3.08. The fourth-order valence-electron chi connectivity index (χ4n) is 3.25. The quantitative estimate of drug-likeness (QED) is 0.373. The van der Waals surface area contributed by atoms with Gasteiger partial charge in [-0.2, -0.15) is 0 Å². The molecule has 2 aromatic heterocycles. The lowest BCUT2D eigenvalue weighted by molar-refractivity contribution is -0.113. The van der Waals surface area contributed by atoms with Gasteiger partial charge >= 0.3 is 0 Å². The molecule has 0 unspecified atom stereocenters. The monoisotopic (exact) mass is 418 g/mol. The van der Waals surface area contributed by atoms with Gasteiger partial charge in [0, 0.05) is 11.4 Å². The van der Waals surface area contributed by atoms with Crippen molar-refractivity contribution in [2.75, 3.05) is 11.1 Å². The van der Waals surface area contributed by atoms with Gasteiger partial charge in [0.1, 0.15) is 5.52 Å². The molecular formula is C23H22N4O2S. The topological polar surface area (TPSA) is 79.8 Å². The Morgan fingerprint density at radius 3 is 2.57 bits per heavy atom. The van der Waals surface area contributed by atoms with Crippen LogP contribution in [0.4, 0.5) is 5.69 Å². The summed E-state index contributed by atoms with van der Waals surface area (Å²) in [5.41, 5.74) is 5.38. The summed E-state index contributed by atoms with van der Waals surface area (Å²) in [5, 5.41) is 3.38. The Kier molecular flexibility index (Phi) is 5.46. The molecule has 0 saturated heterocycles. The van der Waals surface area contributed by atoms with Gasteiger partial charge in [-0.25, -0.2) is 4.98 Å². The van der Waals surface area contributed by atoms with Crippen LogP contribution in [0.15, 0.2) is 64.5 Å². The molecule has 2 heterocycles. The fraction of sp³-hybridized carbons (Fsp3) is 0.174. The van der Waals surface area contributed by atoms with E-state index in [0.29, 0.717) is 21.9 Å². The van der Waals surface area contributed by atoms with Crippen LogP contribution in [0.1, 0.15) is 16.8 Å². The highest BCUT2D eigenvalue weighted by Crippen LogP contribution is 2.22. The van der Waals surface area contributed by atoms with Gasteiger partial charge in [-0.15, -0.1) is 0 Å². The summed E-state index contributed by atoms with van der Waals surface area (Å²) >= 11 is 1.24. The van der Waals surface area contributed by atoms with Crippen LogP contribution in [0.3, 0.4) is 0 Å². The molecule has 0 aliphatic rings. The van der Waals surface area contributed by atoms with Crippen LogP contribution in [-0.4, -0.2) is 26.2 Å². The number of nitrogens with zero attached hydrogens (tertiary/aromatic N) is 2. The van der Waals surface area contributed by atoms with Crippen molar-refractivity contribution in [3.63, 3.8) is 0 Å². The van der Waals surface area contributed by atoms with Crippen molar-refractivity contribution in [1.29, 1.82) is 0 Å². The highest BCUT2D eigenvalue weighted by molar-refractivity contribution is 7.99. The second-order valence-electron chi connectivity index (χ2n) is 7.29. The Hall–Kier alpha value is -3.32. The number of hydrogen-bond donors (Lipinski definition) is 2. The van der Waals surface area contributed by atoms with Gasteiger partial charge in [0.25, 0.3) is 5.56 Å². The first kappa shape index (κ1) is 20.0. The standard InChI is InChI=1S/C23H22N4O2S/c1-14-7-9-18(10-8-14)27-22(29)21-19(12-16(3)24-21)26-23(27)30-13-20(28)25-17-6-4-5-15(2)11-17/h4-12,24H,13H2,1-3H3,(H,25,28). The smallest absolute Gasteiger partial charge is 0.283 e. The zero-order chi connectivity index (χ0) is 21.3. The number of aromatic amines is 1. The summed E-state index contributed by atoms with van der Waals surface area (Å²) in [4.78, 5) is 33.4. The van der Waals surface area contributed by atoms with E-state index in [2.05, 4.69) is 15.3 Å². The van der Waals surface area contributed by atoms with E-state index in [1.54, 1.807) is 4.57 Å². The zero-order valence-corrected chi connectivity index (χ0v) is 17.8. The second-order valence-corrected chi connectivity index (χ2v) is 8.23. The van der Waals surface area contributed by atoms with Gasteiger partial charge in [0.15, 0.2) is 5.16 Å². The van der Waals surface area contributed by atoms with Crippen molar-refractivity contribution in [2.45, 2.75) is 25.9 Å². The lowest BCUT2D eigenvalue weighted by Crippen LogP contribution is -2.23. The van der Waals surface area contributed by atoms with E-state index in [-0.39, 0.29) is 17.2 Å². The number of benzene rings is 2. The minimum Gasteiger partial charge on any atom is -0.353 e. The minimum absolute atomic E-state index is 0.140. The first-order chi connectivity index (χ1) is 14.4. The number of thioether (sulfide) groups is 1. The summed E-state index contributed by atoms with van der Waals surface area (Å²) in [7, 11) is 0. The third kappa shape index (κ3) is 4.16. The molecule has 7 heteroatoms. The number of nitrogens with one attached hydrogen (secondary N) is 2. The van der Waals surface area contributed by atoms with Gasteiger partial charge in [0.2, 0.25) is 5.91 Å². The number of rotatable bonds is 5. The Bertz CT molecular complexity index is 1290. The normalized spacial score (nSPS) is 11.0. The second kappa shape index (κ2) is 8.20. The molecule has 0 aliphatic carbocycles. The molecule has 6 nitrogen and oxygen atoms in total. The Balaban J connectivity index is 1.66. The van der Waals surface area contributed by atoms with Crippen LogP contribution in [0.5, 0.6) is 0 Å². The summed E-state index contributed by atoms with van der Waals surface area (Å²) in [6, 6.07) is 17.2. The van der Waals surface area contributed by atoms with Crippen molar-refractivity contribution in [3.8, 4) is 5.69 Å². The van der Waals surface area contributed by atoms with Crippen LogP contribution in [0.2, 0.25) is 0 Å². The van der Waals surface area contributed by atoms with Gasteiger partial charge in [-0.1, -0.05) is 41.6 Å². The molecule has 0 spiro atoms. The number of carbonyl (C=O) groups is 1. The number of hydrogen-bond acceptors (Lipinski definition) is 4. The third-order valence-corrected chi connectivity index (χ3v) is 5.62. The summed E-state index contributed by atoms with van der Waals surface area (Å²) in [6.45, 7) is 5.86. The molecule has 30 heavy (non-hydrogen) atoms. The molecule has 4 aromatic rings. The number of aryl methyl sites for hydroxylation is 3. The molecule has 1 amide bonds. The molecule has 0 atom stereocenters. The molecular weight excluding hydrogens is 396 g/mol. The van der Waals surface area contributed by atoms with E-state index in [1.165, 1.54) is 11.8 Å². The minimum atomic E-state index is -0.182. The predicted octanol–water partition coefficient (Wildman–Crippen LogP) is 4.37. The number of aromatic nitrogens is 3. The molecule has 2 N–H and O–H groups in total. The Morgan fingerprint density at radius 1 is 1.07 bits per heavy atom. The van der Waals surface area contributed by atoms with Gasteiger partial charge in [-0.05, 0) is 56.7 Å². The predicted molar refractivity (Wildman–Crippen MR) is 122 cm³/mol. The van der Waals surface area contributed by atoms with Crippen molar-refractivity contribution >= 4 is 34.4 Å². The lowest BCUT2D eigenvalue weighted by atomic mass is 10.2. The molecule has 0 radical (unpaired) electrons. The van der Waals surface area contributed by atoms with Crippen LogP contribution in [0.25, 0.3) is 16.7 Å². The fourth-order valence-corrected chi connectivity index (χ4v) is 4.06. The van der Waals surface area contributed by atoms with Crippen molar-refractivity contribution in [3.05, 3.63) is 81.8 Å². The van der Waals surface area contributed by atoms with Crippen LogP contribution in [0, 0.1) is 20.8 Å². The highest BCUT2D eigenvalue weighted by atomic mass is 32.2. The average molecular weight is 419 g/mol. The third-order valence-electron chi connectivity index (χ3n) is 4.68. The molecule has 0 bridgehead atoms. The number of carbonyl (C=O) groups excluding carboxylic acids is 1. The van der Waals surface area contributed by atoms with Gasteiger partial charge in [0.05, 0.1) is 17.0 Å². The van der Waals surface area contributed by atoms with E-state index in [1.807, 2.05) is 75.4 Å². The number of H-pyrrole nitrogens is 1. The maximum absolute atomic E-state index is 13.2. The molecule has 4 rings (SSSR count). The molecule has 2 aromatic carbocycles. The van der Waals surface area contributed by atoms with Crippen LogP contribution < -0.4 is 10.9 Å². The SMILES string of the molecule is Cc1ccc(-n2c(SCC(=O)Nc3cccc(C)c3)nc3cc(C)[nH]c3c2=O)cc1. The zero-order valence-electron chi connectivity index (χ0n) is 17.0. The first-order valence-electron chi connectivity index (χ1n) is 9.59. The molecule has 152 valence electrons. The molecule has 0 aliphatic heterocycles. The molecule has 0 saturated carbocycles. The number of anilines is 1. The van der Waals surface area contributed by atoms with Crippen molar-refractivity contribution < 1.29 is 4.79 Å². The maximum atomic E-state index is 13.2. The first-order valence-corrected chi connectivity index (χ1v) is 10.6. The summed E-state index contributed by atoms with van der Waals surface area (Å²) < 4.78 is 1.56. The highest BCUT2D eigenvalue weighted by Gasteiger charge is 2.16. The number of amides is 1. The van der Waals surface area contributed by atoms with Gasteiger partial charge in [-0.3, -0.25) is 14.2 Å². The lowest BCUT2D eigenvalue weighted by Gasteiger charge is -2.12. The Morgan fingerprint density at radius 2 is 1.83 bits per heavy atom. The van der Waals surface area contributed by atoms with Crippen LogP contribution >= 0.6 is 11.8 Å². The summed E-state index contributed by atoms with van der Waals surface area (Å²) in [6.07, 6.45) is 0. The van der Waals surface area contributed by atoms with E-state index >= 15 is 0 Å². The summed E-state index contributed by atoms with van der Waals surface area (Å²) in [5.74, 6) is -0.0121. The number of fused-ring (bicyclic) bond motifs is 1. The van der Waals surface area contributed by atoms with E-state index in [9.17, 15) is 9.59 Å². The largest absolute Gasteiger partial charge is 0.353 e. The van der Waals surface area contributed by atoms with E-state index in [0.717, 1.165) is 22.5 Å². The van der Waals surface area contributed by atoms with Crippen molar-refractivity contribution in [1.82, 2.24) is 14.5 Å². The molecule has 0 fully saturated rings. The Labute approximate surface area is 178 Å². The van der Waals surface area contributed by atoms with E-state index in [4.69, 9.17) is 0 Å².